The summed E-state index contributed by atoms with van der Waals surface area (Å²) in [6, 6.07) is 1.19. The number of aromatic nitrogens is 3. The van der Waals surface area contributed by atoms with Crippen molar-refractivity contribution in [2.75, 3.05) is 13.1 Å². The molecule has 5 nitrogen and oxygen atoms in total. The van der Waals surface area contributed by atoms with Crippen LogP contribution in [-0.2, 0) is 13.6 Å². The Hall–Kier alpha value is -0.940. The SMILES string of the molecule is CC(C)NC1CCCN(Cc2nncn2C)C1. The van der Waals surface area contributed by atoms with E-state index in [9.17, 15) is 0 Å². The third-order valence-corrected chi connectivity index (χ3v) is 3.24. The number of aryl methyl sites for hydroxylation is 1. The van der Waals surface area contributed by atoms with Gasteiger partial charge in [-0.05, 0) is 19.4 Å². The maximum atomic E-state index is 4.15. The van der Waals surface area contributed by atoms with Gasteiger partial charge in [-0.15, -0.1) is 10.2 Å². The van der Waals surface area contributed by atoms with Gasteiger partial charge in [-0.3, -0.25) is 4.90 Å². The van der Waals surface area contributed by atoms with Crippen molar-refractivity contribution in [2.45, 2.75) is 45.3 Å². The highest BCUT2D eigenvalue weighted by molar-refractivity contribution is 4.87. The lowest BCUT2D eigenvalue weighted by molar-refractivity contribution is 0.173. The lowest BCUT2D eigenvalue weighted by atomic mass is 10.0. The van der Waals surface area contributed by atoms with E-state index < -0.39 is 0 Å². The van der Waals surface area contributed by atoms with Crippen molar-refractivity contribution in [1.29, 1.82) is 0 Å². The smallest absolute Gasteiger partial charge is 0.146 e. The highest BCUT2D eigenvalue weighted by Crippen LogP contribution is 2.12. The second kappa shape index (κ2) is 5.60. The molecule has 1 unspecified atom stereocenters. The fourth-order valence-electron chi connectivity index (χ4n) is 2.46. The van der Waals surface area contributed by atoms with Crippen molar-refractivity contribution in [1.82, 2.24) is 25.0 Å². The van der Waals surface area contributed by atoms with Crippen LogP contribution in [0.25, 0.3) is 0 Å². The molecule has 0 saturated carbocycles. The lowest BCUT2D eigenvalue weighted by Crippen LogP contribution is -2.47. The third-order valence-electron chi connectivity index (χ3n) is 3.24. The van der Waals surface area contributed by atoms with E-state index in [4.69, 9.17) is 0 Å². The van der Waals surface area contributed by atoms with Gasteiger partial charge in [0.2, 0.25) is 0 Å². The average molecular weight is 237 g/mol. The Morgan fingerprint density at radius 2 is 2.35 bits per heavy atom. The molecule has 1 saturated heterocycles. The van der Waals surface area contributed by atoms with Gasteiger partial charge in [0.15, 0.2) is 0 Å². The van der Waals surface area contributed by atoms with Crippen molar-refractivity contribution in [3.8, 4) is 0 Å². The van der Waals surface area contributed by atoms with Crippen LogP contribution in [0.4, 0.5) is 0 Å². The molecule has 1 atom stereocenters. The summed E-state index contributed by atoms with van der Waals surface area (Å²) in [4.78, 5) is 2.47. The monoisotopic (exact) mass is 237 g/mol. The number of hydrogen-bond donors (Lipinski definition) is 1. The minimum atomic E-state index is 0.565. The van der Waals surface area contributed by atoms with E-state index in [-0.39, 0.29) is 0 Å². The Morgan fingerprint density at radius 1 is 1.53 bits per heavy atom. The molecule has 0 amide bonds. The summed E-state index contributed by atoms with van der Waals surface area (Å²) in [5.74, 6) is 1.05. The molecule has 1 aliphatic heterocycles. The average Bonchev–Trinajstić information content (AvgIpc) is 2.64. The van der Waals surface area contributed by atoms with Crippen molar-refractivity contribution in [3.05, 3.63) is 12.2 Å². The third kappa shape index (κ3) is 3.51. The number of likely N-dealkylation sites (tertiary alicyclic amines) is 1. The maximum Gasteiger partial charge on any atom is 0.146 e. The fourth-order valence-corrected chi connectivity index (χ4v) is 2.46. The van der Waals surface area contributed by atoms with Crippen molar-refractivity contribution >= 4 is 0 Å². The molecule has 2 heterocycles. The zero-order valence-corrected chi connectivity index (χ0v) is 11.1. The molecule has 1 N–H and O–H groups in total. The van der Waals surface area contributed by atoms with Gasteiger partial charge in [0.05, 0.1) is 6.54 Å². The second-order valence-electron chi connectivity index (χ2n) is 5.25. The summed E-state index contributed by atoms with van der Waals surface area (Å²) in [5, 5.41) is 11.7. The predicted octanol–water partition coefficient (Wildman–Crippen LogP) is 0.777. The Kier molecular flexibility index (Phi) is 4.12. The van der Waals surface area contributed by atoms with E-state index in [0.29, 0.717) is 12.1 Å². The lowest BCUT2D eigenvalue weighted by Gasteiger charge is -2.33. The summed E-state index contributed by atoms with van der Waals surface area (Å²) in [6.07, 6.45) is 4.32. The zero-order chi connectivity index (χ0) is 12.3. The number of piperidine rings is 1. The maximum absolute atomic E-state index is 4.15. The normalized spacial score (nSPS) is 22.2. The van der Waals surface area contributed by atoms with Crippen LogP contribution < -0.4 is 5.32 Å². The van der Waals surface area contributed by atoms with Crippen LogP contribution in [-0.4, -0.2) is 44.8 Å². The molecule has 1 aliphatic rings. The zero-order valence-electron chi connectivity index (χ0n) is 11.1. The van der Waals surface area contributed by atoms with Crippen LogP contribution in [0.2, 0.25) is 0 Å². The summed E-state index contributed by atoms with van der Waals surface area (Å²) in [6.45, 7) is 7.62. The number of rotatable bonds is 4. The van der Waals surface area contributed by atoms with Gasteiger partial charge < -0.3 is 9.88 Å². The molecular weight excluding hydrogens is 214 g/mol. The molecule has 1 aromatic rings. The minimum Gasteiger partial charge on any atom is -0.320 e. The van der Waals surface area contributed by atoms with Crippen LogP contribution in [0.3, 0.4) is 0 Å². The van der Waals surface area contributed by atoms with Gasteiger partial charge in [-0.25, -0.2) is 0 Å². The number of nitrogens with zero attached hydrogens (tertiary/aromatic N) is 4. The first kappa shape index (κ1) is 12.5. The standard InChI is InChI=1S/C12H23N5/c1-10(2)14-11-5-4-6-17(7-11)8-12-15-13-9-16(12)3/h9-11,14H,4-8H2,1-3H3. The largest absolute Gasteiger partial charge is 0.320 e. The first-order valence-electron chi connectivity index (χ1n) is 6.46. The van der Waals surface area contributed by atoms with Gasteiger partial charge in [0, 0.05) is 25.7 Å². The molecule has 5 heteroatoms. The topological polar surface area (TPSA) is 46.0 Å². The summed E-state index contributed by atoms with van der Waals surface area (Å²) < 4.78 is 2.00. The number of hydrogen-bond acceptors (Lipinski definition) is 4. The van der Waals surface area contributed by atoms with E-state index in [2.05, 4.69) is 34.3 Å². The van der Waals surface area contributed by atoms with E-state index in [1.807, 2.05) is 11.6 Å². The highest BCUT2D eigenvalue weighted by atomic mass is 15.3. The van der Waals surface area contributed by atoms with Crippen molar-refractivity contribution in [2.24, 2.45) is 7.05 Å². The first-order chi connectivity index (χ1) is 8.15. The van der Waals surface area contributed by atoms with Gasteiger partial charge >= 0.3 is 0 Å². The Morgan fingerprint density at radius 3 is 3.00 bits per heavy atom. The molecule has 96 valence electrons. The van der Waals surface area contributed by atoms with E-state index in [0.717, 1.165) is 18.9 Å². The molecule has 17 heavy (non-hydrogen) atoms. The van der Waals surface area contributed by atoms with Crippen molar-refractivity contribution in [3.63, 3.8) is 0 Å². The molecule has 1 aromatic heterocycles. The highest BCUT2D eigenvalue weighted by Gasteiger charge is 2.21. The Balaban J connectivity index is 1.87. The van der Waals surface area contributed by atoms with E-state index in [1.165, 1.54) is 19.4 Å². The van der Waals surface area contributed by atoms with Crippen LogP contribution in [0.5, 0.6) is 0 Å². The van der Waals surface area contributed by atoms with Crippen LogP contribution in [0.15, 0.2) is 6.33 Å². The van der Waals surface area contributed by atoms with Crippen molar-refractivity contribution < 1.29 is 0 Å². The van der Waals surface area contributed by atoms with Crippen LogP contribution in [0, 0.1) is 0 Å². The molecule has 0 spiro atoms. The second-order valence-corrected chi connectivity index (χ2v) is 5.25. The molecule has 1 fully saturated rings. The fraction of sp³-hybridized carbons (Fsp3) is 0.833. The van der Waals surface area contributed by atoms with Gasteiger partial charge in [-0.1, -0.05) is 13.8 Å². The predicted molar refractivity (Wildman–Crippen MR) is 67.6 cm³/mol. The van der Waals surface area contributed by atoms with Gasteiger partial charge in [-0.2, -0.15) is 0 Å². The minimum absolute atomic E-state index is 0.565. The van der Waals surface area contributed by atoms with Gasteiger partial charge in [0.25, 0.3) is 0 Å². The molecule has 0 aliphatic carbocycles. The first-order valence-corrected chi connectivity index (χ1v) is 6.46. The summed E-state index contributed by atoms with van der Waals surface area (Å²) in [7, 11) is 2.00. The molecule has 0 radical (unpaired) electrons. The quantitative estimate of drug-likeness (QED) is 0.840. The number of nitrogens with one attached hydrogen (secondary N) is 1. The van der Waals surface area contributed by atoms with Crippen LogP contribution in [0.1, 0.15) is 32.5 Å². The molecule has 0 bridgehead atoms. The van der Waals surface area contributed by atoms with Crippen LogP contribution >= 0.6 is 0 Å². The van der Waals surface area contributed by atoms with E-state index >= 15 is 0 Å². The van der Waals surface area contributed by atoms with E-state index in [1.54, 1.807) is 6.33 Å². The molecular formula is C12H23N5. The summed E-state index contributed by atoms with van der Waals surface area (Å²) in [5.41, 5.74) is 0. The summed E-state index contributed by atoms with van der Waals surface area (Å²) >= 11 is 0. The Labute approximate surface area is 103 Å². The molecule has 2 rings (SSSR count). The Bertz CT molecular complexity index is 346. The molecule has 0 aromatic carbocycles. The van der Waals surface area contributed by atoms with Gasteiger partial charge in [0.1, 0.15) is 12.2 Å².